The molecule has 3 atom stereocenters. The van der Waals surface area contributed by atoms with Crippen LogP contribution in [0.1, 0.15) is 25.7 Å². The van der Waals surface area contributed by atoms with Crippen LogP contribution in [0.15, 0.2) is 0 Å². The van der Waals surface area contributed by atoms with Gasteiger partial charge in [-0.2, -0.15) is 5.26 Å². The van der Waals surface area contributed by atoms with Gasteiger partial charge in [0.25, 0.3) is 0 Å². The second-order valence-electron chi connectivity index (χ2n) is 3.84. The summed E-state index contributed by atoms with van der Waals surface area (Å²) in [5.74, 6) is 1.25. The second-order valence-corrected chi connectivity index (χ2v) is 3.84. The summed E-state index contributed by atoms with van der Waals surface area (Å²) in [4.78, 5) is 0. The molecule has 2 aliphatic heterocycles. The summed E-state index contributed by atoms with van der Waals surface area (Å²) in [5.41, 5.74) is 0. The Morgan fingerprint density at radius 2 is 2.31 bits per heavy atom. The topological polar surface area (TPSA) is 42.2 Å². The third-order valence-electron chi connectivity index (χ3n) is 3.03. The molecule has 2 rings (SSSR count). The van der Waals surface area contributed by atoms with E-state index in [1.807, 2.05) is 0 Å². The first-order chi connectivity index (χ1) is 6.42. The highest BCUT2D eigenvalue weighted by atomic mass is 16.7. The Morgan fingerprint density at radius 3 is 3.15 bits per heavy atom. The molecule has 3 nitrogen and oxygen atoms in total. The lowest BCUT2D eigenvalue weighted by Gasteiger charge is -2.12. The van der Waals surface area contributed by atoms with Gasteiger partial charge in [-0.05, 0) is 25.2 Å². The van der Waals surface area contributed by atoms with Crippen LogP contribution in [0.25, 0.3) is 0 Å². The Bertz CT molecular complexity index is 211. The average Bonchev–Trinajstić information content (AvgIpc) is 2.68. The van der Waals surface area contributed by atoms with Gasteiger partial charge in [-0.25, -0.2) is 0 Å². The van der Waals surface area contributed by atoms with Crippen molar-refractivity contribution in [2.24, 2.45) is 11.8 Å². The van der Waals surface area contributed by atoms with E-state index in [1.54, 1.807) is 0 Å². The van der Waals surface area contributed by atoms with Crippen molar-refractivity contribution in [2.75, 3.05) is 13.2 Å². The zero-order chi connectivity index (χ0) is 9.10. The molecule has 0 spiro atoms. The van der Waals surface area contributed by atoms with Gasteiger partial charge >= 0.3 is 0 Å². The lowest BCUT2D eigenvalue weighted by molar-refractivity contribution is -0.0905. The molecule has 0 unspecified atom stereocenters. The van der Waals surface area contributed by atoms with Gasteiger partial charge in [0.05, 0.1) is 19.3 Å². The van der Waals surface area contributed by atoms with E-state index in [4.69, 9.17) is 14.7 Å². The molecule has 0 amide bonds. The Balaban J connectivity index is 1.77. The molecule has 3 heteroatoms. The molecule has 0 aromatic heterocycles. The number of hydrogen-bond acceptors (Lipinski definition) is 3. The number of rotatable bonds is 3. The van der Waals surface area contributed by atoms with E-state index in [0.29, 0.717) is 18.3 Å². The van der Waals surface area contributed by atoms with Crippen LogP contribution < -0.4 is 0 Å². The minimum Gasteiger partial charge on any atom is -0.352 e. The summed E-state index contributed by atoms with van der Waals surface area (Å²) in [5, 5.41) is 8.42. The molecule has 2 fully saturated rings. The Labute approximate surface area is 78.6 Å². The quantitative estimate of drug-likeness (QED) is 0.622. The predicted octanol–water partition coefficient (Wildman–Crippen LogP) is 1.69. The minimum atomic E-state index is 0.0760. The Kier molecular flexibility index (Phi) is 2.82. The molecular weight excluding hydrogens is 166 g/mol. The molecular formula is C10H15NO2. The van der Waals surface area contributed by atoms with Gasteiger partial charge in [0.15, 0.2) is 6.29 Å². The molecule has 2 saturated heterocycles. The van der Waals surface area contributed by atoms with E-state index in [-0.39, 0.29) is 6.29 Å². The molecule has 0 saturated carbocycles. The van der Waals surface area contributed by atoms with Gasteiger partial charge in [-0.3, -0.25) is 0 Å². The zero-order valence-electron chi connectivity index (χ0n) is 7.74. The van der Waals surface area contributed by atoms with Gasteiger partial charge in [-0.1, -0.05) is 0 Å². The van der Waals surface area contributed by atoms with E-state index in [0.717, 1.165) is 32.5 Å². The average molecular weight is 181 g/mol. The maximum atomic E-state index is 8.42. The summed E-state index contributed by atoms with van der Waals surface area (Å²) in [6.07, 6.45) is 4.02. The lowest BCUT2D eigenvalue weighted by Crippen LogP contribution is -2.14. The molecule has 2 aliphatic rings. The Morgan fingerprint density at radius 1 is 1.38 bits per heavy atom. The molecule has 0 bridgehead atoms. The molecule has 0 aliphatic carbocycles. The number of fused-ring (bicyclic) bond motifs is 1. The highest BCUT2D eigenvalue weighted by molar-refractivity contribution is 4.83. The maximum Gasteiger partial charge on any atom is 0.160 e. The highest BCUT2D eigenvalue weighted by Crippen LogP contribution is 2.37. The smallest absolute Gasteiger partial charge is 0.160 e. The number of unbranched alkanes of at least 4 members (excludes halogenated alkanes) is 1. The summed E-state index contributed by atoms with van der Waals surface area (Å²) >= 11 is 0. The van der Waals surface area contributed by atoms with Crippen LogP contribution in [-0.2, 0) is 9.47 Å². The van der Waals surface area contributed by atoms with Gasteiger partial charge in [0, 0.05) is 12.3 Å². The van der Waals surface area contributed by atoms with Gasteiger partial charge in [-0.15, -0.1) is 0 Å². The third-order valence-corrected chi connectivity index (χ3v) is 3.03. The SMILES string of the molecule is N#CCCC[C@H]1CO[C@H]2OCC[C@@H]12. The van der Waals surface area contributed by atoms with Crippen molar-refractivity contribution < 1.29 is 9.47 Å². The number of ether oxygens (including phenoxy) is 2. The molecule has 0 aromatic rings. The fourth-order valence-corrected chi connectivity index (χ4v) is 2.29. The van der Waals surface area contributed by atoms with E-state index < -0.39 is 0 Å². The standard InChI is InChI=1S/C10H15NO2/c11-5-2-1-3-8-7-13-10-9(8)4-6-12-10/h8-10H,1-4,6-7H2/t8-,9-,10+/m0/s1. The second kappa shape index (κ2) is 4.08. The third kappa shape index (κ3) is 1.84. The summed E-state index contributed by atoms with van der Waals surface area (Å²) in [6.45, 7) is 1.69. The van der Waals surface area contributed by atoms with Crippen LogP contribution in [0.5, 0.6) is 0 Å². The van der Waals surface area contributed by atoms with Crippen LogP contribution >= 0.6 is 0 Å². The van der Waals surface area contributed by atoms with E-state index in [9.17, 15) is 0 Å². The van der Waals surface area contributed by atoms with Crippen LogP contribution in [0.2, 0.25) is 0 Å². The summed E-state index contributed by atoms with van der Waals surface area (Å²) < 4.78 is 10.9. The number of nitrogens with zero attached hydrogens (tertiary/aromatic N) is 1. The molecule has 2 heterocycles. The predicted molar refractivity (Wildman–Crippen MR) is 46.8 cm³/mol. The van der Waals surface area contributed by atoms with E-state index in [2.05, 4.69) is 6.07 Å². The van der Waals surface area contributed by atoms with E-state index in [1.165, 1.54) is 0 Å². The van der Waals surface area contributed by atoms with E-state index >= 15 is 0 Å². The van der Waals surface area contributed by atoms with Crippen LogP contribution in [-0.4, -0.2) is 19.5 Å². The highest BCUT2D eigenvalue weighted by Gasteiger charge is 2.40. The first-order valence-corrected chi connectivity index (χ1v) is 5.02. The molecule has 0 aromatic carbocycles. The lowest BCUT2D eigenvalue weighted by atomic mass is 9.89. The maximum absolute atomic E-state index is 8.42. The monoisotopic (exact) mass is 181 g/mol. The zero-order valence-corrected chi connectivity index (χ0v) is 7.74. The van der Waals surface area contributed by atoms with Crippen molar-refractivity contribution in [1.29, 1.82) is 5.26 Å². The molecule has 13 heavy (non-hydrogen) atoms. The van der Waals surface area contributed by atoms with Crippen molar-refractivity contribution in [3.63, 3.8) is 0 Å². The van der Waals surface area contributed by atoms with Crippen LogP contribution in [0.3, 0.4) is 0 Å². The van der Waals surface area contributed by atoms with Gasteiger partial charge in [0.2, 0.25) is 0 Å². The van der Waals surface area contributed by atoms with Gasteiger partial charge < -0.3 is 9.47 Å². The van der Waals surface area contributed by atoms with Crippen molar-refractivity contribution in [3.8, 4) is 6.07 Å². The van der Waals surface area contributed by atoms with Crippen molar-refractivity contribution in [2.45, 2.75) is 32.0 Å². The van der Waals surface area contributed by atoms with Crippen molar-refractivity contribution in [1.82, 2.24) is 0 Å². The Hall–Kier alpha value is -0.590. The molecule has 0 N–H and O–H groups in total. The minimum absolute atomic E-state index is 0.0760. The van der Waals surface area contributed by atoms with Crippen LogP contribution in [0.4, 0.5) is 0 Å². The molecule has 72 valence electrons. The fourth-order valence-electron chi connectivity index (χ4n) is 2.29. The summed E-state index contributed by atoms with van der Waals surface area (Å²) in [7, 11) is 0. The van der Waals surface area contributed by atoms with Gasteiger partial charge in [0.1, 0.15) is 0 Å². The van der Waals surface area contributed by atoms with Crippen molar-refractivity contribution >= 4 is 0 Å². The normalized spacial score (nSPS) is 37.3. The summed E-state index contributed by atoms with van der Waals surface area (Å²) in [6, 6.07) is 2.18. The fraction of sp³-hybridized carbons (Fsp3) is 0.900. The first-order valence-electron chi connectivity index (χ1n) is 5.02. The number of nitriles is 1. The largest absolute Gasteiger partial charge is 0.352 e. The number of hydrogen-bond donors (Lipinski definition) is 0. The van der Waals surface area contributed by atoms with Crippen molar-refractivity contribution in [3.05, 3.63) is 0 Å². The first kappa shape index (κ1) is 8.98. The molecule has 0 radical (unpaired) electrons. The van der Waals surface area contributed by atoms with Crippen LogP contribution in [0, 0.1) is 23.2 Å².